The topological polar surface area (TPSA) is 82.2 Å². The first-order valence-electron chi connectivity index (χ1n) is 7.41. The monoisotopic (exact) mass is 382 g/mol. The Kier molecular flexibility index (Phi) is 9.82. The lowest BCUT2D eigenvalue weighted by molar-refractivity contribution is 0.0951. The molecule has 0 saturated carbocycles. The smallest absolute Gasteiger partial charge is 0.251 e. The highest BCUT2D eigenvalue weighted by atomic mass is 35.5. The predicted molar refractivity (Wildman–Crippen MR) is 107 cm³/mol. The predicted octanol–water partition coefficient (Wildman–Crippen LogP) is 2.81. The van der Waals surface area contributed by atoms with Crippen LogP contribution in [-0.2, 0) is 13.1 Å². The molecule has 0 bridgehead atoms. The summed E-state index contributed by atoms with van der Waals surface area (Å²) >= 11 is 0. The maximum absolute atomic E-state index is 12.2. The molecule has 4 N–H and O–H groups in total. The van der Waals surface area contributed by atoms with Crippen LogP contribution in [0.5, 0.6) is 0 Å². The number of amidine groups is 1. The molecule has 2 rings (SSSR count). The fourth-order valence-corrected chi connectivity index (χ4v) is 2.24. The lowest BCUT2D eigenvalue weighted by atomic mass is 10.1. The van der Waals surface area contributed by atoms with Gasteiger partial charge < -0.3 is 16.0 Å². The molecule has 5 nitrogen and oxygen atoms in total. The first-order chi connectivity index (χ1) is 11.0. The molecule has 2 aromatic rings. The number of benzene rings is 2. The number of amides is 1. The molecule has 25 heavy (non-hydrogen) atoms. The first-order valence-corrected chi connectivity index (χ1v) is 7.41. The summed E-state index contributed by atoms with van der Waals surface area (Å²) in [6, 6.07) is 14.9. The zero-order valence-corrected chi connectivity index (χ0v) is 15.9. The molecule has 0 radical (unpaired) electrons. The third-order valence-corrected chi connectivity index (χ3v) is 3.41. The van der Waals surface area contributed by atoms with Gasteiger partial charge in [-0.1, -0.05) is 36.4 Å². The van der Waals surface area contributed by atoms with Crippen molar-refractivity contribution in [2.24, 2.45) is 5.73 Å². The number of nitrogens with zero attached hydrogens (tertiary/aromatic N) is 1. The van der Waals surface area contributed by atoms with E-state index in [2.05, 4.69) is 22.3 Å². The van der Waals surface area contributed by atoms with Crippen molar-refractivity contribution in [1.82, 2.24) is 10.2 Å². The molecule has 136 valence electrons. The largest absolute Gasteiger partial charge is 0.384 e. The molecule has 0 aliphatic rings. The van der Waals surface area contributed by atoms with Gasteiger partial charge >= 0.3 is 0 Å². The number of nitrogens with two attached hydrogens (primary N) is 1. The summed E-state index contributed by atoms with van der Waals surface area (Å²) < 4.78 is 0. The minimum atomic E-state index is -0.175. The standard InChI is InChI=1S/C18H22N4O.2ClH/c1-22(2)12-14-8-6-13(7-9-14)11-21-18(23)16-5-3-4-15(10-16)17(19)20;;/h3-10H,11-12H2,1-2H3,(H3,19,20)(H,21,23);2*1H. The molecule has 7 heteroatoms. The normalized spacial score (nSPS) is 9.72. The van der Waals surface area contributed by atoms with Gasteiger partial charge in [0.2, 0.25) is 0 Å². The van der Waals surface area contributed by atoms with E-state index in [1.807, 2.05) is 26.2 Å². The van der Waals surface area contributed by atoms with Crippen LogP contribution in [0.15, 0.2) is 48.5 Å². The second kappa shape index (κ2) is 10.7. The number of carbonyl (C=O) groups is 1. The minimum absolute atomic E-state index is 0. The molecule has 0 aliphatic carbocycles. The Bertz CT molecular complexity index is 702. The quantitative estimate of drug-likeness (QED) is 0.530. The molecule has 0 fully saturated rings. The zero-order chi connectivity index (χ0) is 16.8. The van der Waals surface area contributed by atoms with Gasteiger partial charge in [-0.3, -0.25) is 10.2 Å². The molecular weight excluding hydrogens is 359 g/mol. The summed E-state index contributed by atoms with van der Waals surface area (Å²) in [5.74, 6) is -0.221. The summed E-state index contributed by atoms with van der Waals surface area (Å²) in [7, 11) is 4.06. The van der Waals surface area contributed by atoms with Crippen LogP contribution in [0.4, 0.5) is 0 Å². The maximum Gasteiger partial charge on any atom is 0.251 e. The number of nitrogen functional groups attached to an aromatic ring is 1. The second-order valence-corrected chi connectivity index (χ2v) is 5.73. The van der Waals surface area contributed by atoms with Crippen molar-refractivity contribution in [2.75, 3.05) is 14.1 Å². The Morgan fingerprint density at radius 3 is 2.16 bits per heavy atom. The summed E-state index contributed by atoms with van der Waals surface area (Å²) in [4.78, 5) is 14.3. The van der Waals surface area contributed by atoms with Crippen molar-refractivity contribution in [3.05, 3.63) is 70.8 Å². The summed E-state index contributed by atoms with van der Waals surface area (Å²) in [5, 5.41) is 10.3. The highest BCUT2D eigenvalue weighted by Gasteiger charge is 2.07. The Hall–Kier alpha value is -2.08. The summed E-state index contributed by atoms with van der Waals surface area (Å²) in [6.07, 6.45) is 0. The van der Waals surface area contributed by atoms with Crippen LogP contribution in [0.1, 0.15) is 27.0 Å². The van der Waals surface area contributed by atoms with Crippen LogP contribution < -0.4 is 11.1 Å². The molecule has 0 unspecified atom stereocenters. The van der Waals surface area contributed by atoms with Crippen LogP contribution in [0.2, 0.25) is 0 Å². The van der Waals surface area contributed by atoms with E-state index >= 15 is 0 Å². The van der Waals surface area contributed by atoms with Crippen LogP contribution in [-0.4, -0.2) is 30.7 Å². The van der Waals surface area contributed by atoms with Crippen molar-refractivity contribution in [2.45, 2.75) is 13.1 Å². The van der Waals surface area contributed by atoms with E-state index in [1.54, 1.807) is 24.3 Å². The maximum atomic E-state index is 12.2. The van der Waals surface area contributed by atoms with Gasteiger partial charge in [0.05, 0.1) is 0 Å². The Morgan fingerprint density at radius 2 is 1.60 bits per heavy atom. The van der Waals surface area contributed by atoms with E-state index in [-0.39, 0.29) is 36.6 Å². The average molecular weight is 383 g/mol. The highest BCUT2D eigenvalue weighted by Crippen LogP contribution is 2.08. The van der Waals surface area contributed by atoms with Crippen LogP contribution in [0.25, 0.3) is 0 Å². The molecule has 0 heterocycles. The van der Waals surface area contributed by atoms with E-state index in [0.717, 1.165) is 12.1 Å². The molecule has 0 spiro atoms. The Labute approximate surface area is 160 Å². The summed E-state index contributed by atoms with van der Waals surface area (Å²) in [6.45, 7) is 1.36. The molecule has 2 aromatic carbocycles. The number of hydrogen-bond acceptors (Lipinski definition) is 3. The molecule has 1 amide bonds. The third kappa shape index (κ3) is 7.13. The van der Waals surface area contributed by atoms with Gasteiger partial charge in [0.25, 0.3) is 5.91 Å². The zero-order valence-electron chi connectivity index (χ0n) is 14.3. The fourth-order valence-electron chi connectivity index (χ4n) is 2.24. The van der Waals surface area contributed by atoms with Crippen LogP contribution >= 0.6 is 24.8 Å². The van der Waals surface area contributed by atoms with Crippen molar-refractivity contribution in [1.29, 1.82) is 5.41 Å². The van der Waals surface area contributed by atoms with Crippen molar-refractivity contribution in [3.8, 4) is 0 Å². The number of halogens is 2. The lowest BCUT2D eigenvalue weighted by Crippen LogP contribution is -2.23. The molecule has 0 aliphatic heterocycles. The van der Waals surface area contributed by atoms with E-state index < -0.39 is 0 Å². The first kappa shape index (κ1) is 22.9. The number of rotatable bonds is 6. The molecule has 0 saturated heterocycles. The van der Waals surface area contributed by atoms with E-state index in [1.165, 1.54) is 5.56 Å². The fraction of sp³-hybridized carbons (Fsp3) is 0.222. The highest BCUT2D eigenvalue weighted by molar-refractivity contribution is 5.99. The minimum Gasteiger partial charge on any atom is -0.384 e. The van der Waals surface area contributed by atoms with Gasteiger partial charge in [-0.05, 0) is 37.4 Å². The average Bonchev–Trinajstić information content (AvgIpc) is 2.53. The number of nitrogens with one attached hydrogen (secondary N) is 2. The van der Waals surface area contributed by atoms with Gasteiger partial charge in [-0.15, -0.1) is 24.8 Å². The molecule has 0 atom stereocenters. The van der Waals surface area contributed by atoms with E-state index in [0.29, 0.717) is 17.7 Å². The van der Waals surface area contributed by atoms with Crippen LogP contribution in [0.3, 0.4) is 0 Å². The van der Waals surface area contributed by atoms with Gasteiger partial charge in [-0.2, -0.15) is 0 Å². The van der Waals surface area contributed by atoms with Gasteiger partial charge in [0.1, 0.15) is 5.84 Å². The van der Waals surface area contributed by atoms with Gasteiger partial charge in [0, 0.05) is 24.2 Å². The summed E-state index contributed by atoms with van der Waals surface area (Å²) in [5.41, 5.74) is 8.77. The second-order valence-electron chi connectivity index (χ2n) is 5.73. The number of carbonyl (C=O) groups excluding carboxylic acids is 1. The molecular formula is C18H24Cl2N4O. The Morgan fingerprint density at radius 1 is 1.04 bits per heavy atom. The van der Waals surface area contributed by atoms with Crippen molar-refractivity contribution < 1.29 is 4.79 Å². The SMILES string of the molecule is CN(C)Cc1ccc(CNC(=O)c2cccc(C(=N)N)c2)cc1.Cl.Cl. The van der Waals surface area contributed by atoms with Gasteiger partial charge in [-0.25, -0.2) is 0 Å². The third-order valence-electron chi connectivity index (χ3n) is 3.41. The van der Waals surface area contributed by atoms with E-state index in [9.17, 15) is 4.79 Å². The Balaban J connectivity index is 0.00000288. The lowest BCUT2D eigenvalue weighted by Gasteiger charge is -2.10. The molecule has 0 aromatic heterocycles. The van der Waals surface area contributed by atoms with Crippen molar-refractivity contribution >= 4 is 36.6 Å². The number of hydrogen-bond donors (Lipinski definition) is 3. The van der Waals surface area contributed by atoms with Gasteiger partial charge in [0.15, 0.2) is 0 Å². The van der Waals surface area contributed by atoms with Crippen molar-refractivity contribution in [3.63, 3.8) is 0 Å². The van der Waals surface area contributed by atoms with Crippen LogP contribution in [0, 0.1) is 5.41 Å². The van der Waals surface area contributed by atoms with E-state index in [4.69, 9.17) is 11.1 Å².